The first-order valence-electron chi connectivity index (χ1n) is 4.43. The normalized spacial score (nSPS) is 23.3. The molecule has 0 N–H and O–H groups in total. The van der Waals surface area contributed by atoms with Gasteiger partial charge in [0.05, 0.1) is 11.2 Å². The summed E-state index contributed by atoms with van der Waals surface area (Å²) in [5, 5.41) is 2.65. The number of amidine groups is 1. The van der Waals surface area contributed by atoms with Crippen LogP contribution in [0.5, 0.6) is 0 Å². The van der Waals surface area contributed by atoms with Gasteiger partial charge in [-0.25, -0.2) is 9.98 Å². The average Bonchev–Trinajstić information content (AvgIpc) is 2.84. The highest BCUT2D eigenvalue weighted by molar-refractivity contribution is 7.07. The quantitative estimate of drug-likeness (QED) is 0.737. The topological polar surface area (TPSA) is 37.6 Å². The number of fused-ring (bicyclic) bond motifs is 1. The van der Waals surface area contributed by atoms with E-state index in [1.807, 2.05) is 23.6 Å². The minimum atomic E-state index is -0.0285. The lowest BCUT2D eigenvalue weighted by molar-refractivity contribution is 1.10. The molecule has 2 heterocycles. The highest BCUT2D eigenvalue weighted by atomic mass is 35.5. The molecule has 1 aromatic rings. The van der Waals surface area contributed by atoms with Gasteiger partial charge in [0, 0.05) is 10.4 Å². The Balaban J connectivity index is 2.01. The third kappa shape index (κ3) is 1.56. The van der Waals surface area contributed by atoms with Gasteiger partial charge >= 0.3 is 0 Å². The highest BCUT2D eigenvalue weighted by Gasteiger charge is 2.22. The molecule has 74 valence electrons. The summed E-state index contributed by atoms with van der Waals surface area (Å²) >= 11 is 7.43. The minimum absolute atomic E-state index is 0.0285. The number of hydrogen-bond donors (Lipinski definition) is 0. The van der Waals surface area contributed by atoms with Crippen molar-refractivity contribution in [3.63, 3.8) is 0 Å². The molecule has 1 aromatic heterocycles. The number of nitrogens with zero attached hydrogens (tertiary/aromatic N) is 3. The fourth-order valence-corrected chi connectivity index (χ4v) is 2.20. The first-order valence-corrected chi connectivity index (χ1v) is 5.75. The number of rotatable bonds is 1. The van der Waals surface area contributed by atoms with Crippen LogP contribution in [0.3, 0.4) is 0 Å². The fourth-order valence-electron chi connectivity index (χ4n) is 1.49. The van der Waals surface area contributed by atoms with Gasteiger partial charge in [0.1, 0.15) is 11.7 Å². The molecule has 0 unspecified atom stereocenters. The predicted octanol–water partition coefficient (Wildman–Crippen LogP) is 2.41. The largest absolute Gasteiger partial charge is 0.251 e. The fraction of sp³-hybridized carbons (Fsp3) is 0.100. The SMILES string of the molecule is ClC1=C[C@@H]2N=C(c3cscn3)N=C2C=C1. The lowest BCUT2D eigenvalue weighted by Gasteiger charge is -2.05. The second-order valence-corrected chi connectivity index (χ2v) is 4.35. The molecule has 0 bridgehead atoms. The van der Waals surface area contributed by atoms with Crippen LogP contribution in [0.4, 0.5) is 0 Å². The summed E-state index contributed by atoms with van der Waals surface area (Å²) in [6.45, 7) is 0. The second kappa shape index (κ2) is 3.40. The van der Waals surface area contributed by atoms with Gasteiger partial charge in [-0.3, -0.25) is 4.99 Å². The second-order valence-electron chi connectivity index (χ2n) is 3.19. The van der Waals surface area contributed by atoms with Gasteiger partial charge < -0.3 is 0 Å². The zero-order chi connectivity index (χ0) is 10.3. The summed E-state index contributed by atoms with van der Waals surface area (Å²) in [6, 6.07) is -0.0285. The number of thiazole rings is 1. The van der Waals surface area contributed by atoms with Gasteiger partial charge in [-0.1, -0.05) is 11.6 Å². The van der Waals surface area contributed by atoms with Crippen LogP contribution < -0.4 is 0 Å². The Morgan fingerprint density at radius 1 is 1.33 bits per heavy atom. The van der Waals surface area contributed by atoms with E-state index < -0.39 is 0 Å². The Hall–Kier alpha value is -1.26. The Labute approximate surface area is 95.5 Å². The van der Waals surface area contributed by atoms with Crippen molar-refractivity contribution in [1.29, 1.82) is 0 Å². The van der Waals surface area contributed by atoms with Crippen LogP contribution in [0, 0.1) is 0 Å². The molecule has 5 heteroatoms. The van der Waals surface area contributed by atoms with Crippen LogP contribution in [-0.2, 0) is 0 Å². The molecule has 15 heavy (non-hydrogen) atoms. The molecule has 0 amide bonds. The number of aromatic nitrogens is 1. The molecule has 3 rings (SSSR count). The standard InChI is InChI=1S/C10H6ClN3S/c11-6-1-2-7-8(3-6)14-10(13-7)9-4-15-5-12-9/h1-5,8H/t8-/m0/s1. The van der Waals surface area contributed by atoms with Crippen molar-refractivity contribution in [2.75, 3.05) is 0 Å². The van der Waals surface area contributed by atoms with E-state index in [1.54, 1.807) is 5.51 Å². The molecule has 0 spiro atoms. The highest BCUT2D eigenvalue weighted by Crippen LogP contribution is 2.21. The van der Waals surface area contributed by atoms with Crippen molar-refractivity contribution in [3.8, 4) is 0 Å². The van der Waals surface area contributed by atoms with E-state index in [9.17, 15) is 0 Å². The van der Waals surface area contributed by atoms with Gasteiger partial charge in [0.25, 0.3) is 0 Å². The summed E-state index contributed by atoms with van der Waals surface area (Å²) in [5.41, 5.74) is 3.54. The molecular weight excluding hydrogens is 230 g/mol. The lowest BCUT2D eigenvalue weighted by atomic mass is 10.1. The first kappa shape index (κ1) is 9.00. The molecular formula is C10H6ClN3S. The van der Waals surface area contributed by atoms with Crippen LogP contribution in [-0.4, -0.2) is 22.6 Å². The van der Waals surface area contributed by atoms with Crippen LogP contribution >= 0.6 is 22.9 Å². The van der Waals surface area contributed by atoms with Crippen molar-refractivity contribution >= 4 is 34.5 Å². The summed E-state index contributed by atoms with van der Waals surface area (Å²) in [4.78, 5) is 13.0. The van der Waals surface area contributed by atoms with Gasteiger partial charge in [-0.2, -0.15) is 0 Å². The van der Waals surface area contributed by atoms with Crippen molar-refractivity contribution in [3.05, 3.63) is 39.8 Å². The molecule has 0 saturated carbocycles. The minimum Gasteiger partial charge on any atom is -0.251 e. The summed E-state index contributed by atoms with van der Waals surface area (Å²) < 4.78 is 0. The zero-order valence-electron chi connectivity index (χ0n) is 7.59. The van der Waals surface area contributed by atoms with Crippen molar-refractivity contribution < 1.29 is 0 Å². The summed E-state index contributed by atoms with van der Waals surface area (Å²) in [6.07, 6.45) is 5.62. The van der Waals surface area contributed by atoms with Gasteiger partial charge in [0.15, 0.2) is 5.84 Å². The first-order chi connectivity index (χ1) is 7.33. The molecule has 1 atom stereocenters. The molecule has 0 fully saturated rings. The zero-order valence-corrected chi connectivity index (χ0v) is 9.16. The molecule has 2 aliphatic rings. The van der Waals surface area contributed by atoms with E-state index in [0.717, 1.165) is 11.4 Å². The molecule has 3 nitrogen and oxygen atoms in total. The van der Waals surface area contributed by atoms with E-state index >= 15 is 0 Å². The van der Waals surface area contributed by atoms with Crippen molar-refractivity contribution in [2.24, 2.45) is 9.98 Å². The van der Waals surface area contributed by atoms with Crippen molar-refractivity contribution in [2.45, 2.75) is 6.04 Å². The maximum Gasteiger partial charge on any atom is 0.175 e. The third-order valence-electron chi connectivity index (χ3n) is 2.19. The number of halogens is 1. The van der Waals surface area contributed by atoms with E-state index in [1.165, 1.54) is 11.3 Å². The molecule has 0 aromatic carbocycles. The van der Waals surface area contributed by atoms with Gasteiger partial charge in [-0.05, 0) is 18.2 Å². The van der Waals surface area contributed by atoms with Gasteiger partial charge in [0.2, 0.25) is 0 Å². The maximum absolute atomic E-state index is 5.89. The molecule has 1 aliphatic carbocycles. The maximum atomic E-state index is 5.89. The average molecular weight is 236 g/mol. The Morgan fingerprint density at radius 2 is 2.27 bits per heavy atom. The Bertz CT molecular complexity index is 511. The summed E-state index contributed by atoms with van der Waals surface area (Å²) in [5.74, 6) is 0.698. The Morgan fingerprint density at radius 3 is 3.07 bits per heavy atom. The van der Waals surface area contributed by atoms with E-state index in [-0.39, 0.29) is 6.04 Å². The van der Waals surface area contributed by atoms with Crippen molar-refractivity contribution in [1.82, 2.24) is 4.98 Å². The number of hydrogen-bond acceptors (Lipinski definition) is 4. The number of allylic oxidation sites excluding steroid dienone is 2. The van der Waals surface area contributed by atoms with Gasteiger partial charge in [-0.15, -0.1) is 11.3 Å². The van der Waals surface area contributed by atoms with E-state index in [2.05, 4.69) is 15.0 Å². The number of aliphatic imine (C=N–C) groups is 2. The molecule has 0 saturated heterocycles. The lowest BCUT2D eigenvalue weighted by Crippen LogP contribution is -2.12. The van der Waals surface area contributed by atoms with Crippen LogP contribution in [0.2, 0.25) is 0 Å². The van der Waals surface area contributed by atoms with Crippen LogP contribution in [0.15, 0.2) is 44.1 Å². The van der Waals surface area contributed by atoms with Crippen LogP contribution in [0.1, 0.15) is 5.69 Å². The molecule has 1 aliphatic heterocycles. The Kier molecular flexibility index (Phi) is 2.04. The van der Waals surface area contributed by atoms with E-state index in [4.69, 9.17) is 11.6 Å². The monoisotopic (exact) mass is 235 g/mol. The predicted molar refractivity (Wildman–Crippen MR) is 63.0 cm³/mol. The third-order valence-corrected chi connectivity index (χ3v) is 3.03. The van der Waals surface area contributed by atoms with Crippen LogP contribution in [0.25, 0.3) is 0 Å². The smallest absolute Gasteiger partial charge is 0.175 e. The molecule has 0 radical (unpaired) electrons. The summed E-state index contributed by atoms with van der Waals surface area (Å²) in [7, 11) is 0. The van der Waals surface area contributed by atoms with E-state index in [0.29, 0.717) is 10.9 Å².